The summed E-state index contributed by atoms with van der Waals surface area (Å²) in [7, 11) is 0. The Labute approximate surface area is 149 Å². The van der Waals surface area contributed by atoms with E-state index in [1.165, 1.54) is 0 Å². The second-order valence-electron chi connectivity index (χ2n) is 8.02. The van der Waals surface area contributed by atoms with Crippen molar-refractivity contribution in [2.45, 2.75) is 51.9 Å². The predicted octanol–water partition coefficient (Wildman–Crippen LogP) is 1.98. The number of likely N-dealkylation sites (tertiary alicyclic amines) is 2. The summed E-state index contributed by atoms with van der Waals surface area (Å²) in [6.45, 7) is 4.57. The third-order valence-corrected chi connectivity index (χ3v) is 6.35. The molecular formula is C19H30N2O4. The average Bonchev–Trinajstić information content (AvgIpc) is 3.14. The summed E-state index contributed by atoms with van der Waals surface area (Å²) in [6, 6.07) is 0. The Morgan fingerprint density at radius 1 is 0.760 bits per heavy atom. The number of rotatable bonds is 3. The number of hydrogen-bond acceptors (Lipinski definition) is 3. The number of piperidine rings is 1. The van der Waals surface area contributed by atoms with Crippen molar-refractivity contribution in [3.8, 4) is 0 Å². The summed E-state index contributed by atoms with van der Waals surface area (Å²) in [6.07, 6.45) is 6.27. The van der Waals surface area contributed by atoms with E-state index in [9.17, 15) is 19.5 Å². The second kappa shape index (κ2) is 7.75. The molecule has 1 aliphatic carbocycles. The third-order valence-electron chi connectivity index (χ3n) is 6.35. The molecule has 3 aliphatic rings. The first-order valence-corrected chi connectivity index (χ1v) is 9.79. The zero-order valence-electron chi connectivity index (χ0n) is 15.2. The van der Waals surface area contributed by atoms with Crippen LogP contribution < -0.4 is 0 Å². The van der Waals surface area contributed by atoms with Crippen LogP contribution in [0.3, 0.4) is 0 Å². The number of nitrogens with zero attached hydrogens (tertiary/aromatic N) is 2. The van der Waals surface area contributed by atoms with Gasteiger partial charge in [0, 0.05) is 38.0 Å². The Morgan fingerprint density at radius 3 is 1.84 bits per heavy atom. The molecule has 0 aromatic carbocycles. The van der Waals surface area contributed by atoms with Crippen LogP contribution in [0.4, 0.5) is 0 Å². The van der Waals surface area contributed by atoms with Gasteiger partial charge in [0.25, 0.3) is 0 Å². The Morgan fingerprint density at radius 2 is 1.32 bits per heavy atom. The fourth-order valence-corrected chi connectivity index (χ4v) is 4.84. The largest absolute Gasteiger partial charge is 0.481 e. The first-order chi connectivity index (χ1) is 12.0. The van der Waals surface area contributed by atoms with Gasteiger partial charge >= 0.3 is 5.97 Å². The number of hydrogen-bond donors (Lipinski definition) is 1. The van der Waals surface area contributed by atoms with Crippen LogP contribution in [0.25, 0.3) is 0 Å². The molecule has 3 fully saturated rings. The lowest BCUT2D eigenvalue weighted by Crippen LogP contribution is -2.50. The van der Waals surface area contributed by atoms with E-state index in [0.717, 1.165) is 51.6 Å². The van der Waals surface area contributed by atoms with Gasteiger partial charge in [0.15, 0.2) is 0 Å². The van der Waals surface area contributed by atoms with Crippen LogP contribution in [0.1, 0.15) is 51.9 Å². The molecule has 3 rings (SSSR count). The predicted molar refractivity (Wildman–Crippen MR) is 92.7 cm³/mol. The van der Waals surface area contributed by atoms with Gasteiger partial charge < -0.3 is 14.9 Å². The lowest BCUT2D eigenvalue weighted by molar-refractivity contribution is -0.152. The van der Waals surface area contributed by atoms with Gasteiger partial charge in [-0.05, 0) is 38.0 Å². The summed E-state index contributed by atoms with van der Waals surface area (Å²) in [5.41, 5.74) is 0. The zero-order valence-corrected chi connectivity index (χ0v) is 15.2. The van der Waals surface area contributed by atoms with E-state index in [2.05, 4.69) is 0 Å². The normalized spacial score (nSPS) is 33.3. The van der Waals surface area contributed by atoms with Crippen molar-refractivity contribution >= 4 is 17.8 Å². The Bertz CT molecular complexity index is 530. The number of carbonyl (C=O) groups is 3. The zero-order chi connectivity index (χ0) is 18.0. The minimum Gasteiger partial charge on any atom is -0.481 e. The average molecular weight is 350 g/mol. The van der Waals surface area contributed by atoms with E-state index in [4.69, 9.17) is 0 Å². The third kappa shape index (κ3) is 3.82. The van der Waals surface area contributed by atoms with Crippen molar-refractivity contribution in [3.05, 3.63) is 0 Å². The number of aliphatic carboxylic acids is 1. The molecule has 1 N–H and O–H groups in total. The highest BCUT2D eigenvalue weighted by Crippen LogP contribution is 2.35. The Kier molecular flexibility index (Phi) is 5.64. The number of amides is 2. The van der Waals surface area contributed by atoms with Crippen LogP contribution in [0.15, 0.2) is 0 Å². The van der Waals surface area contributed by atoms with Gasteiger partial charge in [0.05, 0.1) is 5.92 Å². The molecule has 1 saturated carbocycles. The van der Waals surface area contributed by atoms with Gasteiger partial charge in [-0.15, -0.1) is 0 Å². The van der Waals surface area contributed by atoms with Gasteiger partial charge in [0.2, 0.25) is 11.8 Å². The molecule has 25 heavy (non-hydrogen) atoms. The molecular weight excluding hydrogens is 320 g/mol. The molecule has 4 atom stereocenters. The molecule has 0 radical (unpaired) electrons. The van der Waals surface area contributed by atoms with Gasteiger partial charge in [-0.25, -0.2) is 0 Å². The van der Waals surface area contributed by atoms with E-state index in [1.807, 2.05) is 16.7 Å². The molecule has 6 nitrogen and oxygen atoms in total. The van der Waals surface area contributed by atoms with Gasteiger partial charge in [0.1, 0.15) is 0 Å². The second-order valence-corrected chi connectivity index (χ2v) is 8.02. The number of carbonyl (C=O) groups excluding carboxylic acids is 2. The highest BCUT2D eigenvalue weighted by molar-refractivity contribution is 5.88. The van der Waals surface area contributed by atoms with Crippen molar-refractivity contribution in [3.63, 3.8) is 0 Å². The number of carboxylic acids is 1. The highest BCUT2D eigenvalue weighted by Gasteiger charge is 2.42. The van der Waals surface area contributed by atoms with Crippen LogP contribution in [0.2, 0.25) is 0 Å². The van der Waals surface area contributed by atoms with E-state index in [-0.39, 0.29) is 35.5 Å². The maximum atomic E-state index is 13.1. The molecule has 0 bridgehead atoms. The molecule has 0 aromatic rings. The van der Waals surface area contributed by atoms with E-state index >= 15 is 0 Å². The Hall–Kier alpha value is -1.59. The standard InChI is InChI=1S/C19H30N2O4/c1-13-12-21(11-8-14(13)19(24)25)18(23)16-7-3-2-6-15(16)17(22)20-9-4-5-10-20/h13-16H,2-12H2,1H3,(H,24,25). The number of carboxylic acid groups (broad SMARTS) is 1. The molecule has 2 saturated heterocycles. The van der Waals surface area contributed by atoms with Gasteiger partial charge in [-0.1, -0.05) is 19.8 Å². The van der Waals surface area contributed by atoms with Crippen LogP contribution in [0, 0.1) is 23.7 Å². The van der Waals surface area contributed by atoms with E-state index in [0.29, 0.717) is 19.5 Å². The maximum absolute atomic E-state index is 13.1. The summed E-state index contributed by atoms with van der Waals surface area (Å²) < 4.78 is 0. The quantitative estimate of drug-likeness (QED) is 0.844. The summed E-state index contributed by atoms with van der Waals surface area (Å²) in [4.78, 5) is 41.0. The molecule has 2 amide bonds. The van der Waals surface area contributed by atoms with Crippen LogP contribution in [0.5, 0.6) is 0 Å². The monoisotopic (exact) mass is 350 g/mol. The van der Waals surface area contributed by atoms with Crippen molar-refractivity contribution < 1.29 is 19.5 Å². The molecule has 2 aliphatic heterocycles. The summed E-state index contributed by atoms with van der Waals surface area (Å²) in [5, 5.41) is 9.26. The van der Waals surface area contributed by atoms with E-state index < -0.39 is 5.97 Å². The molecule has 140 valence electrons. The van der Waals surface area contributed by atoms with Gasteiger partial charge in [-0.2, -0.15) is 0 Å². The smallest absolute Gasteiger partial charge is 0.306 e. The first-order valence-electron chi connectivity index (χ1n) is 9.79. The fourth-order valence-electron chi connectivity index (χ4n) is 4.84. The molecule has 0 aromatic heterocycles. The molecule has 6 heteroatoms. The van der Waals surface area contributed by atoms with Crippen LogP contribution in [-0.4, -0.2) is 58.9 Å². The summed E-state index contributed by atoms with van der Waals surface area (Å²) in [5.74, 6) is -1.30. The first kappa shape index (κ1) is 18.2. The maximum Gasteiger partial charge on any atom is 0.306 e. The molecule has 2 heterocycles. The van der Waals surface area contributed by atoms with Gasteiger partial charge in [-0.3, -0.25) is 14.4 Å². The minimum atomic E-state index is -0.764. The summed E-state index contributed by atoms with van der Waals surface area (Å²) >= 11 is 0. The van der Waals surface area contributed by atoms with Crippen molar-refractivity contribution in [1.82, 2.24) is 9.80 Å². The van der Waals surface area contributed by atoms with Crippen LogP contribution >= 0.6 is 0 Å². The van der Waals surface area contributed by atoms with Crippen molar-refractivity contribution in [2.75, 3.05) is 26.2 Å². The lowest BCUT2D eigenvalue weighted by Gasteiger charge is -2.40. The molecule has 4 unspecified atom stereocenters. The SMILES string of the molecule is CC1CN(C(=O)C2CCCCC2C(=O)N2CCCC2)CCC1C(=O)O. The lowest BCUT2D eigenvalue weighted by atomic mass is 9.76. The van der Waals surface area contributed by atoms with Crippen molar-refractivity contribution in [1.29, 1.82) is 0 Å². The fraction of sp³-hybridized carbons (Fsp3) is 0.842. The topological polar surface area (TPSA) is 77.9 Å². The van der Waals surface area contributed by atoms with Crippen LogP contribution in [-0.2, 0) is 14.4 Å². The molecule has 0 spiro atoms. The Balaban J connectivity index is 1.66. The van der Waals surface area contributed by atoms with Crippen molar-refractivity contribution in [2.24, 2.45) is 23.7 Å². The highest BCUT2D eigenvalue weighted by atomic mass is 16.4. The minimum absolute atomic E-state index is 0.0356. The van der Waals surface area contributed by atoms with E-state index in [1.54, 1.807) is 0 Å².